The van der Waals surface area contributed by atoms with Crippen LogP contribution in [0.5, 0.6) is 0 Å². The van der Waals surface area contributed by atoms with Crippen molar-refractivity contribution in [1.82, 2.24) is 0 Å². The van der Waals surface area contributed by atoms with E-state index in [9.17, 15) is 4.79 Å². The van der Waals surface area contributed by atoms with E-state index in [1.165, 1.54) is 0 Å². The topological polar surface area (TPSA) is 40.5 Å². The van der Waals surface area contributed by atoms with E-state index < -0.39 is 0 Å². The normalized spacial score (nSPS) is 10.5. The number of hydrogen-bond acceptors (Lipinski definition) is 2. The maximum absolute atomic E-state index is 12.8. The predicted octanol–water partition coefficient (Wildman–Crippen LogP) is 6.02. The highest BCUT2D eigenvalue weighted by Gasteiger charge is 2.15. The Morgan fingerprint density at radius 2 is 1.35 bits per heavy atom. The lowest BCUT2D eigenvalue weighted by Crippen LogP contribution is -2.30. The lowest BCUT2D eigenvalue weighted by molar-refractivity contribution is -0.118. The Balaban J connectivity index is 1.85. The van der Waals surface area contributed by atoms with E-state index in [0.717, 1.165) is 43.4 Å². The summed E-state index contributed by atoms with van der Waals surface area (Å²) in [6.45, 7) is 4.10. The van der Waals surface area contributed by atoms with E-state index in [2.05, 4.69) is 18.7 Å². The van der Waals surface area contributed by atoms with Gasteiger partial charge in [-0.3, -0.25) is 4.79 Å². The summed E-state index contributed by atoms with van der Waals surface area (Å²) in [4.78, 5) is 14.7. The van der Waals surface area contributed by atoms with Gasteiger partial charge in [-0.25, -0.2) is 0 Å². The molecule has 2 rings (SSSR count). The molecule has 0 radical (unpaired) electrons. The quantitative estimate of drug-likeness (QED) is 0.397. The molecule has 3 heteroatoms. The number of allylic oxidation sites excluding steroid dienone is 1. The standard InChI is InChI=1S/C23H29NO2/c1-20(25)13-7-3-2-4-12-18-23(26)24(22-16-10-6-11-17-22)19-21-14-8-5-9-15-21/h5-6,8-11,14-17,25H,1-4,7,12-13,18-19H2. The number of anilines is 1. The molecule has 2 aromatic rings. The lowest BCUT2D eigenvalue weighted by atomic mass is 10.1. The fraction of sp³-hybridized carbons (Fsp3) is 0.348. The van der Waals surface area contributed by atoms with Gasteiger partial charge in [0, 0.05) is 18.5 Å². The van der Waals surface area contributed by atoms with Crippen molar-refractivity contribution in [2.75, 3.05) is 4.90 Å². The Morgan fingerprint density at radius 3 is 1.96 bits per heavy atom. The number of carbonyl (C=O) groups excluding carboxylic acids is 1. The average Bonchev–Trinajstić information content (AvgIpc) is 2.66. The van der Waals surface area contributed by atoms with Crippen molar-refractivity contribution in [2.24, 2.45) is 0 Å². The van der Waals surface area contributed by atoms with E-state index in [4.69, 9.17) is 5.11 Å². The molecule has 0 atom stereocenters. The number of rotatable bonds is 11. The van der Waals surface area contributed by atoms with Crippen LogP contribution in [0, 0.1) is 0 Å². The summed E-state index contributed by atoms with van der Waals surface area (Å²) in [6, 6.07) is 20.0. The summed E-state index contributed by atoms with van der Waals surface area (Å²) in [7, 11) is 0. The van der Waals surface area contributed by atoms with Crippen molar-refractivity contribution >= 4 is 11.6 Å². The van der Waals surface area contributed by atoms with Crippen LogP contribution in [-0.4, -0.2) is 11.0 Å². The number of para-hydroxylation sites is 1. The van der Waals surface area contributed by atoms with Gasteiger partial charge in [0.25, 0.3) is 0 Å². The smallest absolute Gasteiger partial charge is 0.227 e. The summed E-state index contributed by atoms with van der Waals surface area (Å²) in [5.74, 6) is 0.434. The number of unbranched alkanes of at least 4 members (excludes halogenated alkanes) is 4. The zero-order valence-corrected chi connectivity index (χ0v) is 15.4. The molecule has 0 unspecified atom stereocenters. The van der Waals surface area contributed by atoms with E-state index in [1.807, 2.05) is 53.4 Å². The molecule has 0 heterocycles. The summed E-state index contributed by atoms with van der Waals surface area (Å²) in [5, 5.41) is 9.07. The van der Waals surface area contributed by atoms with Crippen LogP contribution < -0.4 is 4.90 Å². The number of aliphatic hydroxyl groups excluding tert-OH is 1. The van der Waals surface area contributed by atoms with E-state index >= 15 is 0 Å². The minimum absolute atomic E-state index is 0.170. The van der Waals surface area contributed by atoms with Gasteiger partial charge in [-0.2, -0.15) is 0 Å². The van der Waals surface area contributed by atoms with Crippen LogP contribution in [0.25, 0.3) is 0 Å². The van der Waals surface area contributed by atoms with E-state index in [0.29, 0.717) is 19.4 Å². The molecule has 0 saturated heterocycles. The fourth-order valence-corrected chi connectivity index (χ4v) is 2.97. The molecule has 0 fully saturated rings. The second-order valence-electron chi connectivity index (χ2n) is 6.64. The van der Waals surface area contributed by atoms with Crippen LogP contribution in [0.15, 0.2) is 73.0 Å². The van der Waals surface area contributed by atoms with Crippen molar-refractivity contribution < 1.29 is 9.90 Å². The molecule has 26 heavy (non-hydrogen) atoms. The zero-order chi connectivity index (χ0) is 18.6. The fourth-order valence-electron chi connectivity index (χ4n) is 2.97. The molecule has 0 spiro atoms. The summed E-state index contributed by atoms with van der Waals surface area (Å²) < 4.78 is 0. The molecular formula is C23H29NO2. The first-order valence-electron chi connectivity index (χ1n) is 9.43. The molecule has 0 aliphatic carbocycles. The maximum Gasteiger partial charge on any atom is 0.227 e. The summed E-state index contributed by atoms with van der Waals surface area (Å²) >= 11 is 0. The molecule has 1 N–H and O–H groups in total. The van der Waals surface area contributed by atoms with Crippen molar-refractivity contribution in [1.29, 1.82) is 0 Å². The van der Waals surface area contributed by atoms with Gasteiger partial charge in [0.2, 0.25) is 5.91 Å². The number of hydrogen-bond donors (Lipinski definition) is 1. The second kappa shape index (κ2) is 11.1. The molecule has 138 valence electrons. The largest absolute Gasteiger partial charge is 0.513 e. The molecule has 2 aromatic carbocycles. The number of benzene rings is 2. The highest BCUT2D eigenvalue weighted by Crippen LogP contribution is 2.19. The zero-order valence-electron chi connectivity index (χ0n) is 15.4. The monoisotopic (exact) mass is 351 g/mol. The Labute approximate surface area is 157 Å². The lowest BCUT2D eigenvalue weighted by Gasteiger charge is -2.23. The van der Waals surface area contributed by atoms with Crippen LogP contribution in [-0.2, 0) is 11.3 Å². The Hall–Kier alpha value is -2.55. The van der Waals surface area contributed by atoms with E-state index in [1.54, 1.807) is 0 Å². The third-order valence-corrected chi connectivity index (χ3v) is 4.41. The highest BCUT2D eigenvalue weighted by molar-refractivity contribution is 5.93. The molecule has 0 aliphatic heterocycles. The van der Waals surface area contributed by atoms with Gasteiger partial charge in [-0.15, -0.1) is 0 Å². The first-order valence-corrected chi connectivity index (χ1v) is 9.43. The van der Waals surface area contributed by atoms with Crippen molar-refractivity contribution in [3.8, 4) is 0 Å². The Bertz CT molecular complexity index is 667. The molecule has 0 aliphatic rings. The van der Waals surface area contributed by atoms with Gasteiger partial charge >= 0.3 is 0 Å². The highest BCUT2D eigenvalue weighted by atomic mass is 16.3. The van der Waals surface area contributed by atoms with Gasteiger partial charge in [0.15, 0.2) is 0 Å². The van der Waals surface area contributed by atoms with Crippen molar-refractivity contribution in [3.63, 3.8) is 0 Å². The van der Waals surface area contributed by atoms with Crippen LogP contribution >= 0.6 is 0 Å². The van der Waals surface area contributed by atoms with Crippen LogP contribution in [0.4, 0.5) is 5.69 Å². The molecule has 0 bridgehead atoms. The molecular weight excluding hydrogens is 322 g/mol. The van der Waals surface area contributed by atoms with Gasteiger partial charge in [-0.1, -0.05) is 74.4 Å². The second-order valence-corrected chi connectivity index (χ2v) is 6.64. The van der Waals surface area contributed by atoms with Crippen LogP contribution in [0.3, 0.4) is 0 Å². The molecule has 1 amide bonds. The third-order valence-electron chi connectivity index (χ3n) is 4.41. The van der Waals surface area contributed by atoms with Gasteiger partial charge in [-0.05, 0) is 30.5 Å². The number of aliphatic hydroxyl groups is 1. The number of carbonyl (C=O) groups is 1. The predicted molar refractivity (Wildman–Crippen MR) is 108 cm³/mol. The first-order chi connectivity index (χ1) is 12.7. The SMILES string of the molecule is C=C(O)CCCCCCCC(=O)N(Cc1ccccc1)c1ccccc1. The number of nitrogens with zero attached hydrogens (tertiary/aromatic N) is 1. The van der Waals surface area contributed by atoms with Crippen molar-refractivity contribution in [2.45, 2.75) is 51.5 Å². The van der Waals surface area contributed by atoms with Crippen LogP contribution in [0.1, 0.15) is 50.5 Å². The van der Waals surface area contributed by atoms with Gasteiger partial charge < -0.3 is 10.0 Å². The van der Waals surface area contributed by atoms with Crippen LogP contribution in [0.2, 0.25) is 0 Å². The molecule has 0 saturated carbocycles. The molecule has 3 nitrogen and oxygen atoms in total. The van der Waals surface area contributed by atoms with E-state index in [-0.39, 0.29) is 11.7 Å². The maximum atomic E-state index is 12.8. The third kappa shape index (κ3) is 7.14. The first kappa shape index (κ1) is 19.8. The van der Waals surface area contributed by atoms with Gasteiger partial charge in [0.1, 0.15) is 0 Å². The Morgan fingerprint density at radius 1 is 0.808 bits per heavy atom. The minimum Gasteiger partial charge on any atom is -0.513 e. The number of amides is 1. The summed E-state index contributed by atoms with van der Waals surface area (Å²) in [5.41, 5.74) is 2.08. The Kier molecular flexibility index (Phi) is 8.47. The summed E-state index contributed by atoms with van der Waals surface area (Å²) in [6.07, 6.45) is 6.30. The average molecular weight is 351 g/mol. The van der Waals surface area contributed by atoms with Gasteiger partial charge in [0.05, 0.1) is 12.3 Å². The molecule has 0 aromatic heterocycles. The van der Waals surface area contributed by atoms with Crippen molar-refractivity contribution in [3.05, 3.63) is 78.6 Å². The minimum atomic E-state index is 0.170.